The molecule has 3 aromatic carbocycles. The van der Waals surface area contributed by atoms with Gasteiger partial charge in [-0.2, -0.15) is 0 Å². The molecule has 41 heavy (non-hydrogen) atoms. The second-order valence-electron chi connectivity index (χ2n) is 9.35. The number of methoxy groups -OCH3 is 2. The summed E-state index contributed by atoms with van der Waals surface area (Å²) in [6, 6.07) is 18.3. The lowest BCUT2D eigenvalue weighted by atomic mass is 9.94. The zero-order chi connectivity index (χ0) is 28.8. The number of amides is 2. The minimum Gasteiger partial charge on any atom is -0.497 e. The number of benzene rings is 3. The van der Waals surface area contributed by atoms with Gasteiger partial charge in [0.15, 0.2) is 4.80 Å². The number of aromatic nitrogens is 1. The van der Waals surface area contributed by atoms with Crippen LogP contribution in [-0.2, 0) is 9.59 Å². The first kappa shape index (κ1) is 26.5. The van der Waals surface area contributed by atoms with Crippen LogP contribution in [-0.4, -0.2) is 30.6 Å². The molecule has 1 atom stereocenters. The van der Waals surface area contributed by atoms with Crippen molar-refractivity contribution in [2.75, 3.05) is 24.9 Å². The molecule has 0 radical (unpaired) electrons. The molecule has 11 heteroatoms. The fraction of sp³-hybridized carbons (Fsp3) is 0.133. The fourth-order valence-corrected chi connectivity index (χ4v) is 6.40. The van der Waals surface area contributed by atoms with E-state index in [-0.39, 0.29) is 15.7 Å². The normalized spacial score (nSPS) is 16.9. The summed E-state index contributed by atoms with van der Waals surface area (Å²) < 4.78 is 12.7. The van der Waals surface area contributed by atoms with Crippen LogP contribution >= 0.6 is 22.9 Å². The lowest BCUT2D eigenvalue weighted by Crippen LogP contribution is -2.41. The first-order valence-corrected chi connectivity index (χ1v) is 13.7. The molecular formula is C30H23ClN4O5S. The van der Waals surface area contributed by atoms with Gasteiger partial charge in [-0.25, -0.2) is 4.99 Å². The van der Waals surface area contributed by atoms with Crippen LogP contribution in [0.1, 0.15) is 24.1 Å². The van der Waals surface area contributed by atoms with Gasteiger partial charge in [0, 0.05) is 33.6 Å². The van der Waals surface area contributed by atoms with Crippen LogP contribution in [0.4, 0.5) is 11.4 Å². The highest BCUT2D eigenvalue weighted by molar-refractivity contribution is 7.07. The molecule has 2 amide bonds. The van der Waals surface area contributed by atoms with Gasteiger partial charge in [0.05, 0.1) is 31.1 Å². The van der Waals surface area contributed by atoms with Crippen LogP contribution in [0.15, 0.2) is 87.8 Å². The third kappa shape index (κ3) is 4.51. The molecule has 3 heterocycles. The molecule has 0 bridgehead atoms. The molecule has 2 N–H and O–H groups in total. The summed E-state index contributed by atoms with van der Waals surface area (Å²) in [4.78, 5) is 46.2. The molecule has 6 rings (SSSR count). The molecule has 1 aromatic heterocycles. The number of anilines is 2. The fourth-order valence-electron chi connectivity index (χ4n) is 5.09. The molecule has 2 aliphatic rings. The van der Waals surface area contributed by atoms with Crippen LogP contribution in [0.25, 0.3) is 5.57 Å². The predicted octanol–water partition coefficient (Wildman–Crippen LogP) is 3.87. The summed E-state index contributed by atoms with van der Waals surface area (Å²) in [5.41, 5.74) is 2.68. The number of ether oxygens (including phenoxy) is 2. The zero-order valence-corrected chi connectivity index (χ0v) is 23.7. The maximum atomic E-state index is 14.2. The SMILES string of the molecule is COc1ccc([C@@H]2C(C(=O)Nc3ccccc3)=C(C)N=c3s/c(=C4\C(=O)Nc5ccc(Cl)cc54)c(=O)n32)c(OC)c1. The molecule has 9 nitrogen and oxygen atoms in total. The Kier molecular flexibility index (Phi) is 6.72. The number of para-hydroxylation sites is 1. The van der Waals surface area contributed by atoms with Crippen molar-refractivity contribution in [3.8, 4) is 11.5 Å². The Morgan fingerprint density at radius 2 is 1.83 bits per heavy atom. The number of allylic oxidation sites excluding steroid dienone is 1. The van der Waals surface area contributed by atoms with Crippen molar-refractivity contribution in [1.29, 1.82) is 0 Å². The summed E-state index contributed by atoms with van der Waals surface area (Å²) in [6.07, 6.45) is 0. The number of nitrogens with one attached hydrogen (secondary N) is 2. The summed E-state index contributed by atoms with van der Waals surface area (Å²) in [7, 11) is 3.05. The molecular weight excluding hydrogens is 564 g/mol. The summed E-state index contributed by atoms with van der Waals surface area (Å²) in [5.74, 6) is 0.133. The molecule has 2 aliphatic heterocycles. The molecule has 0 saturated heterocycles. The lowest BCUT2D eigenvalue weighted by Gasteiger charge is -2.26. The second-order valence-corrected chi connectivity index (χ2v) is 10.8. The van der Waals surface area contributed by atoms with Gasteiger partial charge < -0.3 is 20.1 Å². The molecule has 0 aliphatic carbocycles. The van der Waals surface area contributed by atoms with Gasteiger partial charge in [0.1, 0.15) is 22.1 Å². The van der Waals surface area contributed by atoms with Crippen molar-refractivity contribution in [3.63, 3.8) is 0 Å². The summed E-state index contributed by atoms with van der Waals surface area (Å²) in [6.45, 7) is 1.72. The Bertz CT molecular complexity index is 1960. The maximum Gasteiger partial charge on any atom is 0.271 e. The van der Waals surface area contributed by atoms with Crippen molar-refractivity contribution in [2.45, 2.75) is 13.0 Å². The number of carbonyl (C=O) groups is 2. The number of thiazole rings is 1. The van der Waals surface area contributed by atoms with E-state index in [1.807, 2.05) is 18.2 Å². The van der Waals surface area contributed by atoms with E-state index >= 15 is 0 Å². The van der Waals surface area contributed by atoms with Crippen molar-refractivity contribution in [3.05, 3.63) is 114 Å². The molecule has 4 aromatic rings. The number of carbonyl (C=O) groups excluding carboxylic acids is 2. The number of hydrogen-bond donors (Lipinski definition) is 2. The number of halogens is 1. The minimum atomic E-state index is -0.909. The van der Waals surface area contributed by atoms with E-state index < -0.39 is 23.4 Å². The van der Waals surface area contributed by atoms with Crippen LogP contribution in [0.2, 0.25) is 5.02 Å². The number of fused-ring (bicyclic) bond motifs is 2. The van der Waals surface area contributed by atoms with Crippen molar-refractivity contribution < 1.29 is 19.1 Å². The van der Waals surface area contributed by atoms with E-state index in [1.165, 1.54) is 11.7 Å². The van der Waals surface area contributed by atoms with Gasteiger partial charge in [-0.1, -0.05) is 41.1 Å². The Morgan fingerprint density at radius 1 is 1.05 bits per heavy atom. The minimum absolute atomic E-state index is 0.192. The van der Waals surface area contributed by atoms with E-state index in [9.17, 15) is 14.4 Å². The average molecular weight is 587 g/mol. The smallest absolute Gasteiger partial charge is 0.271 e. The Labute approximate surface area is 243 Å². The van der Waals surface area contributed by atoms with Crippen LogP contribution in [0, 0.1) is 0 Å². The number of hydrogen-bond acceptors (Lipinski definition) is 7. The van der Waals surface area contributed by atoms with Gasteiger partial charge in [-0.15, -0.1) is 0 Å². The van der Waals surface area contributed by atoms with Crippen LogP contribution < -0.4 is 35.0 Å². The van der Waals surface area contributed by atoms with E-state index in [0.717, 1.165) is 11.3 Å². The predicted molar refractivity (Wildman–Crippen MR) is 157 cm³/mol. The van der Waals surface area contributed by atoms with E-state index in [0.29, 0.717) is 49.5 Å². The Morgan fingerprint density at radius 3 is 2.56 bits per heavy atom. The topological polar surface area (TPSA) is 111 Å². The lowest BCUT2D eigenvalue weighted by molar-refractivity contribution is -0.113. The monoisotopic (exact) mass is 586 g/mol. The van der Waals surface area contributed by atoms with Crippen molar-refractivity contribution >= 4 is 51.7 Å². The molecule has 0 spiro atoms. The zero-order valence-electron chi connectivity index (χ0n) is 22.2. The molecule has 0 fully saturated rings. The van der Waals surface area contributed by atoms with Crippen molar-refractivity contribution in [2.24, 2.45) is 4.99 Å². The first-order chi connectivity index (χ1) is 19.8. The van der Waals surface area contributed by atoms with Crippen LogP contribution in [0.3, 0.4) is 0 Å². The van der Waals surface area contributed by atoms with E-state index in [2.05, 4.69) is 15.6 Å². The quantitative estimate of drug-likeness (QED) is 0.369. The Balaban J connectivity index is 1.62. The van der Waals surface area contributed by atoms with Gasteiger partial charge in [0.25, 0.3) is 17.4 Å². The highest BCUT2D eigenvalue weighted by Gasteiger charge is 2.36. The van der Waals surface area contributed by atoms with E-state index in [1.54, 1.807) is 62.6 Å². The van der Waals surface area contributed by atoms with Gasteiger partial charge in [-0.3, -0.25) is 19.0 Å². The number of rotatable bonds is 5. The summed E-state index contributed by atoms with van der Waals surface area (Å²) >= 11 is 7.32. The second kappa shape index (κ2) is 10.4. The van der Waals surface area contributed by atoms with Crippen LogP contribution in [0.5, 0.6) is 11.5 Å². The maximum absolute atomic E-state index is 14.2. The summed E-state index contributed by atoms with van der Waals surface area (Å²) in [5, 5.41) is 6.16. The third-order valence-electron chi connectivity index (χ3n) is 6.96. The highest BCUT2D eigenvalue weighted by Crippen LogP contribution is 2.38. The average Bonchev–Trinajstić information content (AvgIpc) is 3.46. The van der Waals surface area contributed by atoms with Crippen molar-refractivity contribution in [1.82, 2.24) is 4.57 Å². The Hall–Kier alpha value is -4.67. The molecule has 0 saturated carbocycles. The van der Waals surface area contributed by atoms with Gasteiger partial charge in [-0.05, 0) is 49.4 Å². The highest BCUT2D eigenvalue weighted by atomic mass is 35.5. The molecule has 0 unspecified atom stereocenters. The number of nitrogens with zero attached hydrogens (tertiary/aromatic N) is 2. The van der Waals surface area contributed by atoms with Gasteiger partial charge >= 0.3 is 0 Å². The molecule has 206 valence electrons. The standard InChI is InChI=1S/C30H23ClN4O5S/c1-15-23(27(36)33-17-7-5-4-6-8-17)25(19-11-10-18(39-2)14-22(19)40-3)35-29(38)26(41-30(35)32-15)24-20-13-16(31)9-12-21(20)34-28(24)37/h4-14,25H,1-3H3,(H,33,36)(H,34,37)/b26-24-/t25-/m1/s1. The third-order valence-corrected chi connectivity index (χ3v) is 8.25. The van der Waals surface area contributed by atoms with Gasteiger partial charge in [0.2, 0.25) is 0 Å². The van der Waals surface area contributed by atoms with E-state index in [4.69, 9.17) is 21.1 Å². The first-order valence-electron chi connectivity index (χ1n) is 12.6. The largest absolute Gasteiger partial charge is 0.497 e.